The van der Waals surface area contributed by atoms with Crippen LogP contribution in [0.15, 0.2) is 72.8 Å². The molecule has 0 bridgehead atoms. The average Bonchev–Trinajstić information content (AvgIpc) is 3.08. The first kappa shape index (κ1) is 18.1. The van der Waals surface area contributed by atoms with Gasteiger partial charge < -0.3 is 14.4 Å². The molecule has 140 valence electrons. The van der Waals surface area contributed by atoms with Gasteiger partial charge in [-0.3, -0.25) is 0 Å². The molecule has 4 nitrogen and oxygen atoms in total. The van der Waals surface area contributed by atoms with Gasteiger partial charge in [0.15, 0.2) is 0 Å². The SMILES string of the molecule is COc1ccc(-c2ccc3c(c2)cc(C(=O)O)n3Cc2ccc(Cl)cc2)cc1. The molecular weight excluding hydrogens is 374 g/mol. The fourth-order valence-corrected chi connectivity index (χ4v) is 3.48. The van der Waals surface area contributed by atoms with Gasteiger partial charge in [-0.15, -0.1) is 0 Å². The molecule has 0 radical (unpaired) electrons. The van der Waals surface area contributed by atoms with Crippen LogP contribution in [0.3, 0.4) is 0 Å². The number of halogens is 1. The third kappa shape index (κ3) is 3.47. The second-order valence-electron chi connectivity index (χ2n) is 6.55. The van der Waals surface area contributed by atoms with Crippen LogP contribution in [-0.4, -0.2) is 22.8 Å². The summed E-state index contributed by atoms with van der Waals surface area (Å²) in [5, 5.41) is 11.2. The van der Waals surface area contributed by atoms with E-state index in [9.17, 15) is 9.90 Å². The van der Waals surface area contributed by atoms with Crippen molar-refractivity contribution in [1.82, 2.24) is 4.57 Å². The molecule has 1 N–H and O–H groups in total. The zero-order valence-electron chi connectivity index (χ0n) is 15.2. The number of benzene rings is 3. The molecule has 0 aliphatic rings. The van der Waals surface area contributed by atoms with E-state index >= 15 is 0 Å². The van der Waals surface area contributed by atoms with Crippen molar-refractivity contribution in [2.24, 2.45) is 0 Å². The number of rotatable bonds is 5. The second-order valence-corrected chi connectivity index (χ2v) is 6.99. The predicted octanol–water partition coefficient (Wildman–Crippen LogP) is 5.72. The Balaban J connectivity index is 1.77. The number of methoxy groups -OCH3 is 1. The Hall–Kier alpha value is -3.24. The summed E-state index contributed by atoms with van der Waals surface area (Å²) in [5.74, 6) is -0.150. The monoisotopic (exact) mass is 391 g/mol. The summed E-state index contributed by atoms with van der Waals surface area (Å²) in [5.41, 5.74) is 4.20. The Bertz CT molecular complexity index is 1150. The molecule has 0 aliphatic carbocycles. The Morgan fingerprint density at radius 1 is 0.964 bits per heavy atom. The fourth-order valence-electron chi connectivity index (χ4n) is 3.35. The molecule has 1 aromatic heterocycles. The van der Waals surface area contributed by atoms with Crippen LogP contribution in [-0.2, 0) is 6.54 Å². The Labute approximate surface area is 167 Å². The van der Waals surface area contributed by atoms with E-state index in [0.29, 0.717) is 11.6 Å². The molecule has 0 spiro atoms. The molecule has 5 heteroatoms. The van der Waals surface area contributed by atoms with Gasteiger partial charge in [-0.1, -0.05) is 41.9 Å². The van der Waals surface area contributed by atoms with E-state index in [0.717, 1.165) is 33.3 Å². The van der Waals surface area contributed by atoms with Crippen LogP contribution in [0.1, 0.15) is 16.1 Å². The van der Waals surface area contributed by atoms with Crippen molar-refractivity contribution in [1.29, 1.82) is 0 Å². The predicted molar refractivity (Wildman–Crippen MR) is 111 cm³/mol. The lowest BCUT2D eigenvalue weighted by Crippen LogP contribution is -2.09. The van der Waals surface area contributed by atoms with Crippen LogP contribution in [0.4, 0.5) is 0 Å². The first-order chi connectivity index (χ1) is 13.5. The van der Waals surface area contributed by atoms with Gasteiger partial charge in [-0.25, -0.2) is 4.79 Å². The van der Waals surface area contributed by atoms with Crippen molar-refractivity contribution >= 4 is 28.5 Å². The lowest BCUT2D eigenvalue weighted by Gasteiger charge is -2.10. The number of ether oxygens (including phenoxy) is 1. The van der Waals surface area contributed by atoms with Gasteiger partial charge in [0.05, 0.1) is 7.11 Å². The topological polar surface area (TPSA) is 51.5 Å². The summed E-state index contributed by atoms with van der Waals surface area (Å²) in [6.07, 6.45) is 0. The van der Waals surface area contributed by atoms with E-state index in [2.05, 4.69) is 0 Å². The van der Waals surface area contributed by atoms with E-state index in [1.807, 2.05) is 71.3 Å². The molecular formula is C23H18ClNO3. The smallest absolute Gasteiger partial charge is 0.352 e. The normalized spacial score (nSPS) is 10.9. The maximum atomic E-state index is 11.8. The summed E-state index contributed by atoms with van der Waals surface area (Å²) >= 11 is 5.96. The number of carbonyl (C=O) groups is 1. The summed E-state index contributed by atoms with van der Waals surface area (Å²) in [4.78, 5) is 11.8. The van der Waals surface area contributed by atoms with Crippen molar-refractivity contribution in [2.45, 2.75) is 6.54 Å². The number of carboxylic acid groups (broad SMARTS) is 1. The molecule has 0 aliphatic heterocycles. The largest absolute Gasteiger partial charge is 0.497 e. The van der Waals surface area contributed by atoms with Gasteiger partial charge in [-0.2, -0.15) is 0 Å². The number of aromatic nitrogens is 1. The summed E-state index contributed by atoms with van der Waals surface area (Å²) in [6.45, 7) is 0.462. The van der Waals surface area contributed by atoms with Gasteiger partial charge in [0.25, 0.3) is 0 Å². The Kier molecular flexibility index (Phi) is 4.80. The number of nitrogens with zero attached hydrogens (tertiary/aromatic N) is 1. The van der Waals surface area contributed by atoms with E-state index in [-0.39, 0.29) is 5.69 Å². The maximum absolute atomic E-state index is 11.8. The zero-order valence-corrected chi connectivity index (χ0v) is 16.0. The number of hydrogen-bond acceptors (Lipinski definition) is 2. The maximum Gasteiger partial charge on any atom is 0.352 e. The highest BCUT2D eigenvalue weighted by Gasteiger charge is 2.15. The standard InChI is InChI=1S/C23H18ClNO3/c1-28-20-9-4-16(5-10-20)17-6-11-21-18(12-17)13-22(23(26)27)25(21)14-15-2-7-19(24)8-3-15/h2-13H,14H2,1H3,(H,26,27). The molecule has 3 aromatic carbocycles. The third-order valence-corrected chi connectivity index (χ3v) is 5.05. The third-order valence-electron chi connectivity index (χ3n) is 4.80. The molecule has 0 atom stereocenters. The lowest BCUT2D eigenvalue weighted by atomic mass is 10.0. The van der Waals surface area contributed by atoms with Gasteiger partial charge in [0, 0.05) is 22.5 Å². The highest BCUT2D eigenvalue weighted by Crippen LogP contribution is 2.29. The van der Waals surface area contributed by atoms with Gasteiger partial charge in [0.1, 0.15) is 11.4 Å². The second kappa shape index (κ2) is 7.41. The van der Waals surface area contributed by atoms with E-state index in [1.165, 1.54) is 0 Å². The van der Waals surface area contributed by atoms with Crippen molar-refractivity contribution in [3.63, 3.8) is 0 Å². The highest BCUT2D eigenvalue weighted by atomic mass is 35.5. The van der Waals surface area contributed by atoms with Crippen molar-refractivity contribution in [2.75, 3.05) is 7.11 Å². The van der Waals surface area contributed by atoms with Crippen molar-refractivity contribution in [3.8, 4) is 16.9 Å². The van der Waals surface area contributed by atoms with E-state index in [4.69, 9.17) is 16.3 Å². The van der Waals surface area contributed by atoms with Crippen molar-refractivity contribution in [3.05, 3.63) is 89.1 Å². The van der Waals surface area contributed by atoms with E-state index < -0.39 is 5.97 Å². The first-order valence-corrected chi connectivity index (χ1v) is 9.18. The number of fused-ring (bicyclic) bond motifs is 1. The van der Waals surface area contributed by atoms with Crippen LogP contribution in [0.2, 0.25) is 5.02 Å². The van der Waals surface area contributed by atoms with Crippen LogP contribution in [0.5, 0.6) is 5.75 Å². The molecule has 0 unspecified atom stereocenters. The van der Waals surface area contributed by atoms with Crippen molar-refractivity contribution < 1.29 is 14.6 Å². The minimum absolute atomic E-state index is 0.261. The van der Waals surface area contributed by atoms with Crippen LogP contribution in [0, 0.1) is 0 Å². The summed E-state index contributed by atoms with van der Waals surface area (Å²) in [6, 6.07) is 23.0. The molecule has 0 saturated carbocycles. The zero-order chi connectivity index (χ0) is 19.7. The van der Waals surface area contributed by atoms with Gasteiger partial charge in [-0.05, 0) is 59.2 Å². The molecule has 0 fully saturated rings. The number of hydrogen-bond donors (Lipinski definition) is 1. The summed E-state index contributed by atoms with van der Waals surface area (Å²) in [7, 11) is 1.64. The quantitative estimate of drug-likeness (QED) is 0.473. The fraction of sp³-hybridized carbons (Fsp3) is 0.0870. The van der Waals surface area contributed by atoms with Gasteiger partial charge in [0.2, 0.25) is 0 Å². The van der Waals surface area contributed by atoms with Crippen LogP contribution >= 0.6 is 11.6 Å². The summed E-state index contributed by atoms with van der Waals surface area (Å²) < 4.78 is 7.03. The minimum Gasteiger partial charge on any atom is -0.497 e. The van der Waals surface area contributed by atoms with Crippen LogP contribution in [0.25, 0.3) is 22.0 Å². The average molecular weight is 392 g/mol. The van der Waals surface area contributed by atoms with Gasteiger partial charge >= 0.3 is 5.97 Å². The Morgan fingerprint density at radius 2 is 1.64 bits per heavy atom. The molecule has 4 rings (SSSR count). The molecule has 4 aromatic rings. The molecule has 28 heavy (non-hydrogen) atoms. The molecule has 0 saturated heterocycles. The van der Waals surface area contributed by atoms with E-state index in [1.54, 1.807) is 13.2 Å². The Morgan fingerprint density at radius 3 is 2.29 bits per heavy atom. The highest BCUT2D eigenvalue weighted by molar-refractivity contribution is 6.30. The number of carboxylic acids is 1. The van der Waals surface area contributed by atoms with Crippen LogP contribution < -0.4 is 4.74 Å². The molecule has 0 amide bonds. The molecule has 1 heterocycles. The first-order valence-electron chi connectivity index (χ1n) is 8.80. The lowest BCUT2D eigenvalue weighted by molar-refractivity contribution is 0.0686. The number of aromatic carboxylic acids is 1. The minimum atomic E-state index is -0.948.